The molecule has 0 radical (unpaired) electrons. The Labute approximate surface area is 199 Å². The minimum Gasteiger partial charge on any atom is -0.489 e. The van der Waals surface area contributed by atoms with Gasteiger partial charge in [0.05, 0.1) is 16.8 Å². The summed E-state index contributed by atoms with van der Waals surface area (Å²) in [5, 5.41) is 9.55. The first kappa shape index (κ1) is 24.5. The number of hydroxylamine groups is 1. The van der Waals surface area contributed by atoms with Gasteiger partial charge in [-0.2, -0.15) is 13.2 Å². The van der Waals surface area contributed by atoms with Crippen LogP contribution in [0.1, 0.15) is 23.2 Å². The van der Waals surface area contributed by atoms with Crippen molar-refractivity contribution >= 4 is 22.7 Å². The van der Waals surface area contributed by atoms with Crippen molar-refractivity contribution in [2.45, 2.75) is 25.6 Å². The molecular formula is C25H24F3N3O4. The van der Waals surface area contributed by atoms with Crippen molar-refractivity contribution in [3.8, 4) is 5.75 Å². The van der Waals surface area contributed by atoms with Gasteiger partial charge in [0.1, 0.15) is 18.1 Å². The minimum absolute atomic E-state index is 0.0900. The predicted molar refractivity (Wildman–Crippen MR) is 120 cm³/mol. The fourth-order valence-electron chi connectivity index (χ4n) is 4.42. The number of alkyl halides is 3. The molecule has 0 saturated heterocycles. The van der Waals surface area contributed by atoms with Gasteiger partial charge in [0.15, 0.2) is 0 Å². The van der Waals surface area contributed by atoms with Crippen LogP contribution < -0.4 is 10.2 Å². The second kappa shape index (κ2) is 9.18. The minimum atomic E-state index is -4.58. The van der Waals surface area contributed by atoms with Crippen LogP contribution >= 0.6 is 0 Å². The highest BCUT2D eigenvalue weighted by Gasteiger charge is 2.63. The smallest absolute Gasteiger partial charge is 0.433 e. The van der Waals surface area contributed by atoms with Gasteiger partial charge in [0, 0.05) is 25.0 Å². The summed E-state index contributed by atoms with van der Waals surface area (Å²) in [6, 6.07) is 14.4. The van der Waals surface area contributed by atoms with Gasteiger partial charge >= 0.3 is 6.18 Å². The van der Waals surface area contributed by atoms with Crippen LogP contribution in [0.5, 0.6) is 5.75 Å². The third-order valence-electron chi connectivity index (χ3n) is 6.26. The van der Waals surface area contributed by atoms with Gasteiger partial charge in [-0.05, 0) is 42.7 Å². The van der Waals surface area contributed by atoms with Crippen LogP contribution in [0, 0.1) is 11.3 Å². The van der Waals surface area contributed by atoms with Crippen molar-refractivity contribution in [3.63, 3.8) is 0 Å². The Kier molecular flexibility index (Phi) is 6.42. The van der Waals surface area contributed by atoms with Crippen LogP contribution in [-0.4, -0.2) is 41.0 Å². The molecule has 1 fully saturated rings. The Hall–Kier alpha value is -3.66. The maximum atomic E-state index is 13.3. The molecule has 1 aliphatic carbocycles. The zero-order valence-electron chi connectivity index (χ0n) is 19.1. The molecule has 7 nitrogen and oxygen atoms in total. The predicted octanol–water partition coefficient (Wildman–Crippen LogP) is 3.98. The van der Waals surface area contributed by atoms with E-state index in [-0.39, 0.29) is 18.0 Å². The zero-order valence-corrected chi connectivity index (χ0v) is 19.1. The number of hydrogen-bond acceptors (Lipinski definition) is 5. The lowest BCUT2D eigenvalue weighted by Crippen LogP contribution is -2.36. The lowest BCUT2D eigenvalue weighted by molar-refractivity contribution is -0.141. The number of aromatic nitrogens is 1. The summed E-state index contributed by atoms with van der Waals surface area (Å²) in [5.74, 6) is -0.975. The van der Waals surface area contributed by atoms with E-state index < -0.39 is 29.1 Å². The normalized spacial score (nSPS) is 19.3. The number of ether oxygens (including phenoxy) is 1. The van der Waals surface area contributed by atoms with E-state index in [0.29, 0.717) is 29.5 Å². The van der Waals surface area contributed by atoms with Crippen molar-refractivity contribution in [1.82, 2.24) is 15.4 Å². The molecule has 10 heteroatoms. The molecule has 1 saturated carbocycles. The highest BCUT2D eigenvalue weighted by Crippen LogP contribution is 2.56. The van der Waals surface area contributed by atoms with Crippen molar-refractivity contribution in [2.24, 2.45) is 11.3 Å². The summed E-state index contributed by atoms with van der Waals surface area (Å²) >= 11 is 0. The number of nitrogens with zero attached hydrogens (tertiary/aromatic N) is 2. The Morgan fingerprint density at radius 2 is 1.86 bits per heavy atom. The number of nitrogens with one attached hydrogen (secondary N) is 1. The van der Waals surface area contributed by atoms with Crippen molar-refractivity contribution < 1.29 is 32.7 Å². The molecule has 2 amide bonds. The van der Waals surface area contributed by atoms with Crippen LogP contribution in [0.3, 0.4) is 0 Å². The standard InChI is InChI=1S/C25H24F3N3O4/c1-31(2)23(33)24(13-19(24)22(32)30-34)12-15-7-9-17(10-8-15)35-14-16-11-21(25(26,27)28)29-20-6-4-3-5-18(16)20/h3-11,19,34H,12-14H2,1-2H3,(H,30,32)/t19-,24+/m1/s1. The third-order valence-corrected chi connectivity index (χ3v) is 6.26. The second-order valence-electron chi connectivity index (χ2n) is 8.88. The van der Waals surface area contributed by atoms with Gasteiger partial charge in [0.25, 0.3) is 0 Å². The highest BCUT2D eigenvalue weighted by molar-refractivity contribution is 5.95. The van der Waals surface area contributed by atoms with Gasteiger partial charge in [-0.3, -0.25) is 14.8 Å². The maximum Gasteiger partial charge on any atom is 0.433 e. The molecule has 1 heterocycles. The number of carbonyl (C=O) groups is 2. The maximum absolute atomic E-state index is 13.3. The van der Waals surface area contributed by atoms with Crippen LogP contribution in [0.25, 0.3) is 10.9 Å². The fraction of sp³-hybridized carbons (Fsp3) is 0.320. The average molecular weight is 487 g/mol. The third kappa shape index (κ3) is 4.93. The topological polar surface area (TPSA) is 91.8 Å². The number of fused-ring (bicyclic) bond motifs is 1. The molecule has 35 heavy (non-hydrogen) atoms. The zero-order chi connectivity index (χ0) is 25.4. The molecule has 0 unspecified atom stereocenters. The lowest BCUT2D eigenvalue weighted by Gasteiger charge is -2.21. The highest BCUT2D eigenvalue weighted by atomic mass is 19.4. The molecule has 1 aromatic heterocycles. The van der Waals surface area contributed by atoms with E-state index in [2.05, 4.69) is 4.98 Å². The summed E-state index contributed by atoms with van der Waals surface area (Å²) in [7, 11) is 3.22. The van der Waals surface area contributed by atoms with Crippen molar-refractivity contribution in [1.29, 1.82) is 0 Å². The molecule has 3 aromatic rings. The Balaban J connectivity index is 1.50. The number of carbonyl (C=O) groups excluding carboxylic acids is 2. The monoisotopic (exact) mass is 487 g/mol. The Bertz CT molecular complexity index is 1260. The first-order valence-electron chi connectivity index (χ1n) is 10.9. The first-order valence-corrected chi connectivity index (χ1v) is 10.9. The Morgan fingerprint density at radius 1 is 1.17 bits per heavy atom. The number of benzene rings is 2. The van der Waals surface area contributed by atoms with Gasteiger partial charge in [-0.25, -0.2) is 10.5 Å². The number of hydrogen-bond donors (Lipinski definition) is 2. The van der Waals surface area contributed by atoms with Crippen molar-refractivity contribution in [2.75, 3.05) is 14.1 Å². The van der Waals surface area contributed by atoms with E-state index in [1.807, 2.05) is 0 Å². The average Bonchev–Trinajstić information content (AvgIpc) is 3.56. The van der Waals surface area contributed by atoms with E-state index in [9.17, 15) is 22.8 Å². The second-order valence-corrected chi connectivity index (χ2v) is 8.88. The molecule has 2 N–H and O–H groups in total. The SMILES string of the molecule is CN(C)C(=O)[C@@]1(Cc2ccc(OCc3cc(C(F)(F)F)nc4ccccc34)cc2)C[C@@H]1C(=O)NO. The quantitative estimate of drug-likeness (QED) is 0.389. The number of halogens is 3. The van der Waals surface area contributed by atoms with E-state index in [0.717, 1.165) is 11.6 Å². The van der Waals surface area contributed by atoms with Gasteiger partial charge in [-0.15, -0.1) is 0 Å². The lowest BCUT2D eigenvalue weighted by atomic mass is 9.92. The van der Waals surface area contributed by atoms with Gasteiger partial charge in [0.2, 0.25) is 11.8 Å². The number of rotatable bonds is 7. The largest absolute Gasteiger partial charge is 0.489 e. The van der Waals surface area contributed by atoms with E-state index >= 15 is 0 Å². The molecule has 184 valence electrons. The molecular weight excluding hydrogens is 463 g/mol. The van der Waals surface area contributed by atoms with Gasteiger partial charge < -0.3 is 9.64 Å². The molecule has 0 spiro atoms. The Morgan fingerprint density at radius 3 is 2.49 bits per heavy atom. The molecule has 2 atom stereocenters. The van der Waals surface area contributed by atoms with E-state index in [1.165, 1.54) is 11.0 Å². The van der Waals surface area contributed by atoms with Crippen LogP contribution in [-0.2, 0) is 28.8 Å². The first-order chi connectivity index (χ1) is 16.5. The van der Waals surface area contributed by atoms with Gasteiger partial charge in [-0.1, -0.05) is 30.3 Å². The van der Waals surface area contributed by atoms with Crippen molar-refractivity contribution in [3.05, 3.63) is 71.4 Å². The number of para-hydroxylation sites is 1. The van der Waals surface area contributed by atoms with E-state index in [4.69, 9.17) is 9.94 Å². The molecule has 0 bridgehead atoms. The summed E-state index contributed by atoms with van der Waals surface area (Å²) in [4.78, 5) is 29.8. The fourth-order valence-corrected chi connectivity index (χ4v) is 4.42. The molecule has 4 rings (SSSR count). The number of amides is 2. The summed E-state index contributed by atoms with van der Waals surface area (Å²) < 4.78 is 45.6. The summed E-state index contributed by atoms with van der Waals surface area (Å²) in [6.07, 6.45) is -3.95. The van der Waals surface area contributed by atoms with E-state index in [1.54, 1.807) is 62.0 Å². The molecule has 0 aliphatic heterocycles. The van der Waals surface area contributed by atoms with Crippen LogP contribution in [0.4, 0.5) is 13.2 Å². The number of pyridine rings is 1. The molecule has 1 aliphatic rings. The summed E-state index contributed by atoms with van der Waals surface area (Å²) in [6.45, 7) is -0.0900. The van der Waals surface area contributed by atoms with Crippen LogP contribution in [0.2, 0.25) is 0 Å². The summed E-state index contributed by atoms with van der Waals surface area (Å²) in [5.41, 5.74) is 1.10. The molecule has 2 aromatic carbocycles. The van der Waals surface area contributed by atoms with Crippen LogP contribution in [0.15, 0.2) is 54.6 Å².